The van der Waals surface area contributed by atoms with Crippen molar-refractivity contribution in [1.82, 2.24) is 14.1 Å². The number of piperazine rings is 1. The molecule has 0 amide bonds. The number of rotatable bonds is 8. The van der Waals surface area contributed by atoms with E-state index in [1.165, 1.54) is 12.1 Å². The van der Waals surface area contributed by atoms with Gasteiger partial charge < -0.3 is 0 Å². The number of hydrogen-bond donors (Lipinski definition) is 0. The zero-order chi connectivity index (χ0) is 25.2. The van der Waals surface area contributed by atoms with Gasteiger partial charge in [0.2, 0.25) is 10.0 Å². The summed E-state index contributed by atoms with van der Waals surface area (Å²) < 4.78 is 30.4. The van der Waals surface area contributed by atoms with E-state index in [1.54, 1.807) is 28.6 Å². The van der Waals surface area contributed by atoms with E-state index in [1.807, 2.05) is 19.1 Å². The van der Waals surface area contributed by atoms with Gasteiger partial charge in [-0.2, -0.15) is 4.31 Å². The quantitative estimate of drug-likeness (QED) is 0.274. The Bertz CT molecular complexity index is 1190. The average molecular weight is 564 g/mol. The molecule has 2 atom stereocenters. The van der Waals surface area contributed by atoms with Crippen LogP contribution in [0.4, 0.5) is 5.69 Å². The maximum atomic E-state index is 13.9. The van der Waals surface area contributed by atoms with Crippen molar-refractivity contribution in [2.24, 2.45) is 0 Å². The van der Waals surface area contributed by atoms with Crippen LogP contribution in [0.1, 0.15) is 24.5 Å². The standard InChI is InChI=1S/C25H31BrN4O4S/c1-3-12-27-17-23(15-19-6-9-22(10-7-19)30(31)32)28-13-5-14-29(25(28)18-27)35(33,34)24-11-8-21(26)16-20(24)4-2/h3,6-11,16,23,25H,1,4-5,12-15,17-18H2,2H3. The molecule has 0 bridgehead atoms. The van der Waals surface area contributed by atoms with Crippen molar-refractivity contribution in [2.75, 3.05) is 32.7 Å². The summed E-state index contributed by atoms with van der Waals surface area (Å²) in [5.41, 5.74) is 1.87. The third-order valence-corrected chi connectivity index (χ3v) is 9.36. The van der Waals surface area contributed by atoms with Crippen molar-refractivity contribution >= 4 is 31.6 Å². The van der Waals surface area contributed by atoms with E-state index in [0.717, 1.165) is 35.1 Å². The smallest absolute Gasteiger partial charge is 0.269 e. The Morgan fingerprint density at radius 2 is 1.91 bits per heavy atom. The maximum Gasteiger partial charge on any atom is 0.269 e. The van der Waals surface area contributed by atoms with Gasteiger partial charge in [0.25, 0.3) is 5.69 Å². The van der Waals surface area contributed by atoms with E-state index in [2.05, 4.69) is 32.3 Å². The molecule has 0 spiro atoms. The van der Waals surface area contributed by atoms with Crippen molar-refractivity contribution in [2.45, 2.75) is 43.3 Å². The zero-order valence-electron chi connectivity index (χ0n) is 19.8. The van der Waals surface area contributed by atoms with Crippen LogP contribution in [0.25, 0.3) is 0 Å². The van der Waals surface area contributed by atoms with Crippen LogP contribution in [-0.2, 0) is 22.9 Å². The Morgan fingerprint density at radius 3 is 2.57 bits per heavy atom. The van der Waals surface area contributed by atoms with E-state index in [0.29, 0.717) is 37.4 Å². The molecule has 2 saturated heterocycles. The van der Waals surface area contributed by atoms with Crippen molar-refractivity contribution in [1.29, 1.82) is 0 Å². The Balaban J connectivity index is 1.65. The highest BCUT2D eigenvalue weighted by Gasteiger charge is 2.44. The second-order valence-corrected chi connectivity index (χ2v) is 11.9. The fourth-order valence-corrected chi connectivity index (χ4v) is 7.54. The van der Waals surface area contributed by atoms with E-state index in [4.69, 9.17) is 0 Å². The normalized spacial score (nSPS) is 22.0. The molecule has 0 N–H and O–H groups in total. The molecular formula is C25H31BrN4O4S. The first-order chi connectivity index (χ1) is 16.7. The SMILES string of the molecule is C=CCN1CC(Cc2ccc([N+](=O)[O-])cc2)N2CCCN(S(=O)(=O)c3ccc(Br)cc3CC)C2C1. The summed E-state index contributed by atoms with van der Waals surface area (Å²) in [7, 11) is -3.70. The average Bonchev–Trinajstić information content (AvgIpc) is 2.84. The first-order valence-electron chi connectivity index (χ1n) is 11.9. The van der Waals surface area contributed by atoms with E-state index >= 15 is 0 Å². The molecule has 0 saturated carbocycles. The van der Waals surface area contributed by atoms with Gasteiger partial charge in [-0.15, -0.1) is 6.58 Å². The van der Waals surface area contributed by atoms with Crippen LogP contribution >= 0.6 is 15.9 Å². The predicted octanol–water partition coefficient (Wildman–Crippen LogP) is 4.06. The molecule has 2 unspecified atom stereocenters. The van der Waals surface area contributed by atoms with Crippen molar-refractivity contribution < 1.29 is 13.3 Å². The highest BCUT2D eigenvalue weighted by Crippen LogP contribution is 2.32. The van der Waals surface area contributed by atoms with Crippen molar-refractivity contribution in [3.63, 3.8) is 0 Å². The van der Waals surface area contributed by atoms with Gasteiger partial charge in [-0.1, -0.05) is 41.1 Å². The number of sulfonamides is 1. The molecule has 0 aliphatic carbocycles. The number of benzene rings is 2. The summed E-state index contributed by atoms with van der Waals surface area (Å²) in [6.45, 7) is 9.22. The molecule has 35 heavy (non-hydrogen) atoms. The topological polar surface area (TPSA) is 87.0 Å². The lowest BCUT2D eigenvalue weighted by Gasteiger charge is -2.52. The minimum absolute atomic E-state index is 0.0695. The summed E-state index contributed by atoms with van der Waals surface area (Å²) >= 11 is 3.46. The van der Waals surface area contributed by atoms with Gasteiger partial charge in [-0.25, -0.2) is 8.42 Å². The number of non-ortho nitro benzene ring substituents is 1. The molecule has 4 rings (SSSR count). The molecule has 2 aliphatic rings. The molecule has 188 valence electrons. The third kappa shape index (κ3) is 5.51. The molecule has 2 aromatic rings. The number of nitro groups is 1. The molecule has 2 heterocycles. The highest BCUT2D eigenvalue weighted by atomic mass is 79.9. The summed E-state index contributed by atoms with van der Waals surface area (Å²) in [5, 5.41) is 11.0. The Hall–Kier alpha value is -2.11. The van der Waals surface area contributed by atoms with E-state index in [-0.39, 0.29) is 17.9 Å². The summed E-state index contributed by atoms with van der Waals surface area (Å²) in [6.07, 6.45) is 3.64. The number of halogens is 1. The number of nitro benzene ring substituents is 1. The van der Waals surface area contributed by atoms with Crippen molar-refractivity contribution in [3.8, 4) is 0 Å². The lowest BCUT2D eigenvalue weighted by Crippen LogP contribution is -2.68. The van der Waals surface area contributed by atoms with Crippen LogP contribution in [0.2, 0.25) is 0 Å². The van der Waals surface area contributed by atoms with Crippen LogP contribution in [0, 0.1) is 10.1 Å². The van der Waals surface area contributed by atoms with Gasteiger partial charge in [-0.05, 0) is 48.6 Å². The minimum Gasteiger partial charge on any atom is -0.295 e. The number of hydrogen-bond acceptors (Lipinski definition) is 6. The van der Waals surface area contributed by atoms with Crippen LogP contribution < -0.4 is 0 Å². The fraction of sp³-hybridized carbons (Fsp3) is 0.440. The minimum atomic E-state index is -3.70. The van der Waals surface area contributed by atoms with Gasteiger partial charge >= 0.3 is 0 Å². The van der Waals surface area contributed by atoms with Gasteiger partial charge in [0, 0.05) is 55.4 Å². The summed E-state index contributed by atoms with van der Waals surface area (Å²) in [6, 6.07) is 12.1. The second kappa shape index (κ2) is 10.9. The van der Waals surface area contributed by atoms with Gasteiger partial charge in [0.1, 0.15) is 0 Å². The maximum absolute atomic E-state index is 13.9. The van der Waals surface area contributed by atoms with Gasteiger partial charge in [0.05, 0.1) is 16.0 Å². The predicted molar refractivity (Wildman–Crippen MR) is 140 cm³/mol. The van der Waals surface area contributed by atoms with Crippen LogP contribution in [-0.4, -0.2) is 72.4 Å². The largest absolute Gasteiger partial charge is 0.295 e. The second-order valence-electron chi connectivity index (χ2n) is 9.08. The Morgan fingerprint density at radius 1 is 1.17 bits per heavy atom. The Labute approximate surface area is 215 Å². The van der Waals surface area contributed by atoms with Crippen LogP contribution in [0.15, 0.2) is 64.5 Å². The van der Waals surface area contributed by atoms with Crippen molar-refractivity contribution in [3.05, 3.63) is 80.8 Å². The molecule has 0 radical (unpaired) electrons. The molecule has 10 heteroatoms. The van der Waals surface area contributed by atoms with Crippen LogP contribution in [0.5, 0.6) is 0 Å². The fourth-order valence-electron chi connectivity index (χ4n) is 5.22. The molecule has 8 nitrogen and oxygen atoms in total. The molecular weight excluding hydrogens is 532 g/mol. The van der Waals surface area contributed by atoms with Gasteiger partial charge in [-0.3, -0.25) is 19.9 Å². The Kier molecular flexibility index (Phi) is 8.07. The highest BCUT2D eigenvalue weighted by molar-refractivity contribution is 9.10. The first-order valence-corrected chi connectivity index (χ1v) is 14.1. The number of nitrogens with zero attached hydrogens (tertiary/aromatic N) is 4. The molecule has 2 aromatic carbocycles. The van der Waals surface area contributed by atoms with Gasteiger partial charge in [0.15, 0.2) is 0 Å². The zero-order valence-corrected chi connectivity index (χ0v) is 22.2. The third-order valence-electron chi connectivity index (χ3n) is 6.87. The van der Waals surface area contributed by atoms with Crippen LogP contribution in [0.3, 0.4) is 0 Å². The molecule has 2 fully saturated rings. The molecule has 0 aromatic heterocycles. The monoisotopic (exact) mass is 562 g/mol. The molecule has 2 aliphatic heterocycles. The first kappa shape index (κ1) is 26.0. The number of fused-ring (bicyclic) bond motifs is 1. The van der Waals surface area contributed by atoms with E-state index < -0.39 is 14.9 Å². The van der Waals surface area contributed by atoms with E-state index in [9.17, 15) is 18.5 Å². The lowest BCUT2D eigenvalue weighted by atomic mass is 9.99. The summed E-state index contributed by atoms with van der Waals surface area (Å²) in [5.74, 6) is 0. The lowest BCUT2D eigenvalue weighted by molar-refractivity contribution is -0.384. The summed E-state index contributed by atoms with van der Waals surface area (Å²) in [4.78, 5) is 15.6. The number of aryl methyl sites for hydroxylation is 1.